The number of aliphatic hydroxyl groups excluding tert-OH is 1. The molecular formula is C15H22N2O2. The highest BCUT2D eigenvalue weighted by Gasteiger charge is 2.28. The van der Waals surface area contributed by atoms with Crippen LogP contribution in [-0.4, -0.2) is 39.6 Å². The average Bonchev–Trinajstić information content (AvgIpc) is 2.38. The van der Waals surface area contributed by atoms with Crippen LogP contribution in [0.25, 0.3) is 0 Å². The highest BCUT2D eigenvalue weighted by atomic mass is 16.3. The molecule has 0 aliphatic carbocycles. The first-order chi connectivity index (χ1) is 9.08. The van der Waals surface area contributed by atoms with Crippen LogP contribution in [0.15, 0.2) is 18.3 Å². The third kappa shape index (κ3) is 3.53. The fourth-order valence-corrected chi connectivity index (χ4v) is 2.75. The largest absolute Gasteiger partial charge is 0.393 e. The van der Waals surface area contributed by atoms with Gasteiger partial charge in [0.15, 0.2) is 0 Å². The van der Waals surface area contributed by atoms with E-state index < -0.39 is 0 Å². The SMILES string of the molecule is Cc1cc(C(=O)N2CCCCC2CC(C)O)ccn1. The van der Waals surface area contributed by atoms with E-state index in [-0.39, 0.29) is 18.1 Å². The molecule has 19 heavy (non-hydrogen) atoms. The molecule has 1 aliphatic rings. The lowest BCUT2D eigenvalue weighted by Gasteiger charge is -2.36. The van der Waals surface area contributed by atoms with Crippen LogP contribution in [0.1, 0.15) is 48.7 Å². The van der Waals surface area contributed by atoms with Crippen molar-refractivity contribution in [3.63, 3.8) is 0 Å². The second-order valence-electron chi connectivity index (χ2n) is 5.42. The first-order valence-corrected chi connectivity index (χ1v) is 6.99. The van der Waals surface area contributed by atoms with Crippen LogP contribution >= 0.6 is 0 Å². The van der Waals surface area contributed by atoms with Gasteiger partial charge in [-0.15, -0.1) is 0 Å². The standard InChI is InChI=1S/C15H22N2O2/c1-11-9-13(6-7-16-11)15(19)17-8-4-3-5-14(17)10-12(2)18/h6-7,9,12,14,18H,3-5,8,10H2,1-2H3. The minimum absolute atomic E-state index is 0.0656. The number of rotatable bonds is 3. The Morgan fingerprint density at radius 3 is 3.05 bits per heavy atom. The molecular weight excluding hydrogens is 240 g/mol. The lowest BCUT2D eigenvalue weighted by atomic mass is 9.96. The lowest BCUT2D eigenvalue weighted by molar-refractivity contribution is 0.0514. The van der Waals surface area contributed by atoms with Crippen LogP contribution in [-0.2, 0) is 0 Å². The summed E-state index contributed by atoms with van der Waals surface area (Å²) in [7, 11) is 0. The molecule has 0 bridgehead atoms. The minimum atomic E-state index is -0.363. The molecule has 1 N–H and O–H groups in total. The second-order valence-corrected chi connectivity index (χ2v) is 5.42. The predicted molar refractivity (Wildman–Crippen MR) is 73.9 cm³/mol. The van der Waals surface area contributed by atoms with Gasteiger partial charge in [-0.2, -0.15) is 0 Å². The number of aliphatic hydroxyl groups is 1. The maximum atomic E-state index is 12.6. The van der Waals surface area contributed by atoms with Gasteiger partial charge in [0.25, 0.3) is 5.91 Å². The third-order valence-electron chi connectivity index (χ3n) is 3.64. The summed E-state index contributed by atoms with van der Waals surface area (Å²) in [6.07, 6.45) is 5.15. The Labute approximate surface area is 114 Å². The Morgan fingerprint density at radius 2 is 2.37 bits per heavy atom. The number of pyridine rings is 1. The molecule has 2 unspecified atom stereocenters. The van der Waals surface area contributed by atoms with Crippen molar-refractivity contribution >= 4 is 5.91 Å². The molecule has 2 heterocycles. The van der Waals surface area contributed by atoms with Gasteiger partial charge in [0.05, 0.1) is 6.10 Å². The number of carbonyl (C=O) groups excluding carboxylic acids is 1. The monoisotopic (exact) mass is 262 g/mol. The van der Waals surface area contributed by atoms with E-state index in [0.29, 0.717) is 12.0 Å². The molecule has 0 radical (unpaired) electrons. The Balaban J connectivity index is 2.15. The van der Waals surface area contributed by atoms with Crippen LogP contribution in [0, 0.1) is 6.92 Å². The number of hydrogen-bond donors (Lipinski definition) is 1. The molecule has 1 aliphatic heterocycles. The Morgan fingerprint density at radius 1 is 1.58 bits per heavy atom. The van der Waals surface area contributed by atoms with E-state index in [1.807, 2.05) is 17.9 Å². The zero-order valence-corrected chi connectivity index (χ0v) is 11.7. The predicted octanol–water partition coefficient (Wildman–Crippen LogP) is 2.16. The summed E-state index contributed by atoms with van der Waals surface area (Å²) in [5, 5.41) is 9.57. The zero-order valence-electron chi connectivity index (χ0n) is 11.7. The molecule has 4 nitrogen and oxygen atoms in total. The molecule has 2 rings (SSSR count). The summed E-state index contributed by atoms with van der Waals surface area (Å²) in [6, 6.07) is 3.76. The molecule has 1 aromatic rings. The van der Waals surface area contributed by atoms with Gasteiger partial charge in [-0.3, -0.25) is 9.78 Å². The summed E-state index contributed by atoms with van der Waals surface area (Å²) >= 11 is 0. The number of piperidine rings is 1. The molecule has 104 valence electrons. The zero-order chi connectivity index (χ0) is 13.8. The minimum Gasteiger partial charge on any atom is -0.393 e. The van der Waals surface area contributed by atoms with Gasteiger partial charge in [-0.1, -0.05) is 0 Å². The first-order valence-electron chi connectivity index (χ1n) is 6.99. The Bertz CT molecular complexity index is 446. The fraction of sp³-hybridized carbons (Fsp3) is 0.600. The summed E-state index contributed by atoms with van der Waals surface area (Å²) < 4.78 is 0. The Kier molecular flexibility index (Phi) is 4.53. The van der Waals surface area contributed by atoms with Crippen LogP contribution < -0.4 is 0 Å². The summed E-state index contributed by atoms with van der Waals surface area (Å²) in [6.45, 7) is 4.46. The third-order valence-corrected chi connectivity index (χ3v) is 3.64. The van der Waals surface area contributed by atoms with E-state index in [1.165, 1.54) is 0 Å². The quantitative estimate of drug-likeness (QED) is 0.908. The van der Waals surface area contributed by atoms with Crippen molar-refractivity contribution in [3.8, 4) is 0 Å². The van der Waals surface area contributed by atoms with Crippen molar-refractivity contribution in [1.82, 2.24) is 9.88 Å². The summed E-state index contributed by atoms with van der Waals surface area (Å²) in [4.78, 5) is 18.6. The molecule has 0 aromatic carbocycles. The fourth-order valence-electron chi connectivity index (χ4n) is 2.75. The molecule has 1 aromatic heterocycles. The molecule has 4 heteroatoms. The number of nitrogens with zero attached hydrogens (tertiary/aromatic N) is 2. The molecule has 0 saturated carbocycles. The van der Waals surface area contributed by atoms with E-state index in [9.17, 15) is 9.90 Å². The number of likely N-dealkylation sites (tertiary alicyclic amines) is 1. The maximum absolute atomic E-state index is 12.6. The number of aryl methyl sites for hydroxylation is 1. The van der Waals surface area contributed by atoms with Gasteiger partial charge in [0.1, 0.15) is 0 Å². The van der Waals surface area contributed by atoms with Crippen molar-refractivity contribution in [1.29, 1.82) is 0 Å². The van der Waals surface area contributed by atoms with Gasteiger partial charge in [0, 0.05) is 30.0 Å². The van der Waals surface area contributed by atoms with Crippen molar-refractivity contribution in [2.45, 2.75) is 51.7 Å². The summed E-state index contributed by atoms with van der Waals surface area (Å²) in [5.74, 6) is 0.0656. The summed E-state index contributed by atoms with van der Waals surface area (Å²) in [5.41, 5.74) is 1.56. The van der Waals surface area contributed by atoms with Crippen molar-refractivity contribution in [3.05, 3.63) is 29.6 Å². The van der Waals surface area contributed by atoms with Crippen LogP contribution in [0.5, 0.6) is 0 Å². The highest BCUT2D eigenvalue weighted by molar-refractivity contribution is 5.94. The van der Waals surface area contributed by atoms with Crippen LogP contribution in [0.3, 0.4) is 0 Å². The Hall–Kier alpha value is -1.42. The number of hydrogen-bond acceptors (Lipinski definition) is 3. The van der Waals surface area contributed by atoms with E-state index in [0.717, 1.165) is 31.5 Å². The van der Waals surface area contributed by atoms with Gasteiger partial charge >= 0.3 is 0 Å². The molecule has 1 amide bonds. The maximum Gasteiger partial charge on any atom is 0.254 e. The van der Waals surface area contributed by atoms with Crippen molar-refractivity contribution in [2.75, 3.05) is 6.54 Å². The average molecular weight is 262 g/mol. The number of aromatic nitrogens is 1. The molecule has 0 spiro atoms. The van der Waals surface area contributed by atoms with E-state index in [2.05, 4.69) is 4.98 Å². The van der Waals surface area contributed by atoms with Crippen molar-refractivity contribution in [2.24, 2.45) is 0 Å². The normalized spacial score (nSPS) is 21.2. The van der Waals surface area contributed by atoms with Crippen LogP contribution in [0.4, 0.5) is 0 Å². The number of carbonyl (C=O) groups is 1. The topological polar surface area (TPSA) is 53.4 Å². The highest BCUT2D eigenvalue weighted by Crippen LogP contribution is 2.23. The lowest BCUT2D eigenvalue weighted by Crippen LogP contribution is -2.45. The molecule has 1 fully saturated rings. The molecule has 2 atom stereocenters. The van der Waals surface area contributed by atoms with E-state index in [1.54, 1.807) is 19.2 Å². The first kappa shape index (κ1) is 14.0. The van der Waals surface area contributed by atoms with Gasteiger partial charge in [-0.25, -0.2) is 0 Å². The smallest absolute Gasteiger partial charge is 0.254 e. The van der Waals surface area contributed by atoms with Crippen LogP contribution in [0.2, 0.25) is 0 Å². The van der Waals surface area contributed by atoms with E-state index >= 15 is 0 Å². The van der Waals surface area contributed by atoms with Gasteiger partial charge in [0.2, 0.25) is 0 Å². The number of amides is 1. The van der Waals surface area contributed by atoms with Gasteiger partial charge in [-0.05, 0) is 51.7 Å². The van der Waals surface area contributed by atoms with Gasteiger partial charge < -0.3 is 10.0 Å². The van der Waals surface area contributed by atoms with E-state index in [4.69, 9.17) is 0 Å². The van der Waals surface area contributed by atoms with Crippen molar-refractivity contribution < 1.29 is 9.90 Å². The molecule has 1 saturated heterocycles. The second kappa shape index (κ2) is 6.15.